The van der Waals surface area contributed by atoms with Gasteiger partial charge < -0.3 is 5.11 Å². The van der Waals surface area contributed by atoms with E-state index in [1.54, 1.807) is 22.2 Å². The molecule has 0 unspecified atom stereocenters. The Morgan fingerprint density at radius 2 is 2.41 bits per heavy atom. The molecule has 0 spiro atoms. The van der Waals surface area contributed by atoms with Crippen LogP contribution in [0.15, 0.2) is 12.4 Å². The predicted octanol–water partition coefficient (Wildman–Crippen LogP) is 2.56. The summed E-state index contributed by atoms with van der Waals surface area (Å²) in [6, 6.07) is 0. The smallest absolute Gasteiger partial charge is 0.328 e. The first kappa shape index (κ1) is 13.4. The van der Waals surface area contributed by atoms with Crippen molar-refractivity contribution in [2.45, 2.75) is 26.2 Å². The largest absolute Gasteiger partial charge is 0.478 e. The molecule has 22 heavy (non-hydrogen) atoms. The van der Waals surface area contributed by atoms with Crippen LogP contribution >= 0.6 is 11.3 Å². The van der Waals surface area contributed by atoms with E-state index in [4.69, 9.17) is 5.11 Å². The number of carboxylic acid groups (broad SMARTS) is 1. The van der Waals surface area contributed by atoms with E-state index in [9.17, 15) is 4.79 Å². The fraction of sp³-hybridized carbons (Fsp3) is 0.333. The zero-order valence-corrected chi connectivity index (χ0v) is 12.8. The monoisotopic (exact) mass is 314 g/mol. The molecule has 6 nitrogen and oxygen atoms in total. The number of aromatic nitrogens is 4. The van der Waals surface area contributed by atoms with Gasteiger partial charge in [-0.1, -0.05) is 6.92 Å². The van der Waals surface area contributed by atoms with Crippen molar-refractivity contribution >= 4 is 39.2 Å². The van der Waals surface area contributed by atoms with Gasteiger partial charge in [0.2, 0.25) is 0 Å². The third-order valence-corrected chi connectivity index (χ3v) is 5.19. The average molecular weight is 314 g/mol. The predicted molar refractivity (Wildman–Crippen MR) is 84.0 cm³/mol. The minimum absolute atomic E-state index is 0.390. The van der Waals surface area contributed by atoms with Gasteiger partial charge in [-0.2, -0.15) is 0 Å². The summed E-state index contributed by atoms with van der Waals surface area (Å²) in [6.45, 7) is 2.28. The van der Waals surface area contributed by atoms with Crippen LogP contribution < -0.4 is 0 Å². The highest BCUT2D eigenvalue weighted by Crippen LogP contribution is 2.38. The van der Waals surface area contributed by atoms with E-state index in [0.717, 1.165) is 34.8 Å². The molecule has 1 atom stereocenters. The molecule has 0 saturated carbocycles. The molecule has 0 fully saturated rings. The maximum atomic E-state index is 10.6. The number of fused-ring (bicyclic) bond motifs is 5. The summed E-state index contributed by atoms with van der Waals surface area (Å²) >= 11 is 1.74. The highest BCUT2D eigenvalue weighted by molar-refractivity contribution is 7.19. The Bertz CT molecular complexity index is 925. The molecule has 1 aliphatic rings. The zero-order valence-electron chi connectivity index (χ0n) is 12.0. The third-order valence-electron chi connectivity index (χ3n) is 4.02. The van der Waals surface area contributed by atoms with Gasteiger partial charge in [-0.05, 0) is 36.8 Å². The highest BCUT2D eigenvalue weighted by atomic mass is 32.1. The lowest BCUT2D eigenvalue weighted by Crippen LogP contribution is -2.08. The van der Waals surface area contributed by atoms with Gasteiger partial charge in [0, 0.05) is 11.0 Å². The van der Waals surface area contributed by atoms with Crippen LogP contribution in [0.5, 0.6) is 0 Å². The van der Waals surface area contributed by atoms with Crippen LogP contribution in [0.2, 0.25) is 0 Å². The third kappa shape index (κ3) is 2.09. The Morgan fingerprint density at radius 1 is 1.55 bits per heavy atom. The van der Waals surface area contributed by atoms with Gasteiger partial charge in [0.05, 0.1) is 5.39 Å². The molecule has 0 aromatic carbocycles. The highest BCUT2D eigenvalue weighted by Gasteiger charge is 2.23. The normalized spacial score (nSPS) is 18.3. The molecule has 0 amide bonds. The van der Waals surface area contributed by atoms with Crippen molar-refractivity contribution in [1.29, 1.82) is 0 Å². The second-order valence-electron chi connectivity index (χ2n) is 5.69. The zero-order chi connectivity index (χ0) is 15.3. The fourth-order valence-electron chi connectivity index (χ4n) is 2.97. The Labute approximate surface area is 130 Å². The number of carbonyl (C=O) groups is 1. The summed E-state index contributed by atoms with van der Waals surface area (Å²) < 4.78 is 1.63. The van der Waals surface area contributed by atoms with E-state index >= 15 is 0 Å². The lowest BCUT2D eigenvalue weighted by Gasteiger charge is -2.17. The Morgan fingerprint density at radius 3 is 3.23 bits per heavy atom. The lowest BCUT2D eigenvalue weighted by molar-refractivity contribution is -0.131. The summed E-state index contributed by atoms with van der Waals surface area (Å²) in [7, 11) is 0. The van der Waals surface area contributed by atoms with Gasteiger partial charge in [0.1, 0.15) is 11.2 Å². The molecule has 0 radical (unpaired) electrons. The van der Waals surface area contributed by atoms with Crippen LogP contribution in [0.4, 0.5) is 0 Å². The van der Waals surface area contributed by atoms with Crippen molar-refractivity contribution in [2.75, 3.05) is 0 Å². The number of aryl methyl sites for hydroxylation is 1. The van der Waals surface area contributed by atoms with Crippen molar-refractivity contribution in [3.63, 3.8) is 0 Å². The Balaban J connectivity index is 1.92. The Hall–Kier alpha value is -2.28. The van der Waals surface area contributed by atoms with Crippen molar-refractivity contribution in [1.82, 2.24) is 19.6 Å². The first-order valence-corrected chi connectivity index (χ1v) is 8.00. The van der Waals surface area contributed by atoms with Gasteiger partial charge in [-0.15, -0.1) is 16.4 Å². The molecule has 3 aromatic heterocycles. The summed E-state index contributed by atoms with van der Waals surface area (Å²) in [5.41, 5.74) is 2.11. The van der Waals surface area contributed by atoms with E-state index in [0.29, 0.717) is 11.7 Å². The Kier molecular flexibility index (Phi) is 2.97. The van der Waals surface area contributed by atoms with E-state index < -0.39 is 5.97 Å². The van der Waals surface area contributed by atoms with E-state index in [2.05, 4.69) is 22.0 Å². The topological polar surface area (TPSA) is 80.4 Å². The maximum Gasteiger partial charge on any atom is 0.328 e. The van der Waals surface area contributed by atoms with Crippen LogP contribution in [0.25, 0.3) is 21.9 Å². The van der Waals surface area contributed by atoms with Gasteiger partial charge >= 0.3 is 5.97 Å². The molecule has 112 valence electrons. The summed E-state index contributed by atoms with van der Waals surface area (Å²) in [6.07, 6.45) is 7.42. The number of carboxylic acids is 1. The second kappa shape index (κ2) is 4.88. The van der Waals surface area contributed by atoms with Crippen LogP contribution in [0.1, 0.15) is 29.6 Å². The molecule has 0 saturated heterocycles. The average Bonchev–Trinajstić information content (AvgIpc) is 3.03. The van der Waals surface area contributed by atoms with Crippen LogP contribution in [0, 0.1) is 5.92 Å². The van der Waals surface area contributed by atoms with Gasteiger partial charge in [-0.3, -0.25) is 0 Å². The van der Waals surface area contributed by atoms with Crippen LogP contribution in [-0.4, -0.2) is 30.7 Å². The number of hydrogen-bond acceptors (Lipinski definition) is 5. The molecule has 3 aromatic rings. The molecule has 1 aliphatic carbocycles. The molecule has 0 aliphatic heterocycles. The standard InChI is InChI=1S/C15H14N4O2S/c1-8-2-3-9-10(6-8)22-15-13(9)14-17-11(4-5-12(20)21)18-19(14)7-16-15/h4-5,7-8H,2-3,6H2,1H3,(H,20,21)/b5-4+/t8-/m1/s1. The van der Waals surface area contributed by atoms with Crippen molar-refractivity contribution in [3.8, 4) is 0 Å². The molecular weight excluding hydrogens is 300 g/mol. The molecule has 0 bridgehead atoms. The first-order chi connectivity index (χ1) is 10.6. The number of rotatable bonds is 2. The molecule has 4 rings (SSSR count). The first-order valence-electron chi connectivity index (χ1n) is 7.18. The van der Waals surface area contributed by atoms with Crippen LogP contribution in [0.3, 0.4) is 0 Å². The summed E-state index contributed by atoms with van der Waals surface area (Å²) in [5.74, 6) is 0.0911. The second-order valence-corrected chi connectivity index (χ2v) is 6.77. The van der Waals surface area contributed by atoms with E-state index in [1.165, 1.54) is 22.9 Å². The number of nitrogens with zero attached hydrogens (tertiary/aromatic N) is 4. The van der Waals surface area contributed by atoms with Crippen LogP contribution in [-0.2, 0) is 17.6 Å². The number of thiophene rings is 1. The lowest BCUT2D eigenvalue weighted by atomic mass is 9.89. The SMILES string of the molecule is C[C@@H]1CCc2c(sc3ncn4nc(/C=C/C(=O)O)nc4c23)C1. The fourth-order valence-corrected chi connectivity index (χ4v) is 4.32. The number of aliphatic carboxylic acids is 1. The molecule has 1 N–H and O–H groups in total. The minimum atomic E-state index is -1.01. The van der Waals surface area contributed by atoms with Gasteiger partial charge in [0.15, 0.2) is 11.5 Å². The van der Waals surface area contributed by atoms with Crippen molar-refractivity contribution < 1.29 is 9.90 Å². The summed E-state index contributed by atoms with van der Waals surface area (Å²) in [5, 5.41) is 14.1. The van der Waals surface area contributed by atoms with Crippen molar-refractivity contribution in [2.24, 2.45) is 5.92 Å². The molecule has 3 heterocycles. The summed E-state index contributed by atoms with van der Waals surface area (Å²) in [4.78, 5) is 22.0. The van der Waals surface area contributed by atoms with E-state index in [1.807, 2.05) is 0 Å². The molecule has 7 heteroatoms. The quantitative estimate of drug-likeness (QED) is 0.735. The van der Waals surface area contributed by atoms with Crippen molar-refractivity contribution in [3.05, 3.63) is 28.7 Å². The molecular formula is C15H14N4O2S. The minimum Gasteiger partial charge on any atom is -0.478 e. The number of hydrogen-bond donors (Lipinski definition) is 1. The maximum absolute atomic E-state index is 10.6. The van der Waals surface area contributed by atoms with Gasteiger partial charge in [-0.25, -0.2) is 19.3 Å². The van der Waals surface area contributed by atoms with E-state index in [-0.39, 0.29) is 0 Å². The van der Waals surface area contributed by atoms with Gasteiger partial charge in [0.25, 0.3) is 0 Å².